The van der Waals surface area contributed by atoms with Gasteiger partial charge in [0.05, 0.1) is 12.0 Å². The fourth-order valence-corrected chi connectivity index (χ4v) is 2.84. The lowest BCUT2D eigenvalue weighted by Gasteiger charge is -2.09. The maximum atomic E-state index is 12.3. The molecule has 2 aromatic heterocycles. The topological polar surface area (TPSA) is 66.1 Å². The Morgan fingerprint density at radius 2 is 2.05 bits per heavy atom. The molecular weight excluding hydrogens is 278 g/mol. The van der Waals surface area contributed by atoms with E-state index in [0.29, 0.717) is 24.2 Å². The van der Waals surface area contributed by atoms with E-state index >= 15 is 0 Å². The molecule has 0 amide bonds. The molecule has 0 radical (unpaired) electrons. The molecule has 7 heteroatoms. The van der Waals surface area contributed by atoms with Gasteiger partial charge in [0.15, 0.2) is 0 Å². The van der Waals surface area contributed by atoms with Crippen LogP contribution in [0.25, 0.3) is 11.0 Å². The molecule has 2 heterocycles. The average molecular weight is 295 g/mol. The van der Waals surface area contributed by atoms with Crippen LogP contribution in [0.15, 0.2) is 26.7 Å². The molecule has 20 heavy (non-hydrogen) atoms. The predicted octanol–water partition coefficient (Wildman–Crippen LogP) is 0.761. The second kappa shape index (κ2) is 6.23. The lowest BCUT2D eigenvalue weighted by atomic mass is 10.3. The van der Waals surface area contributed by atoms with Crippen LogP contribution in [0.1, 0.15) is 6.92 Å². The maximum Gasteiger partial charge on any atom is 0.332 e. The third-order valence-corrected chi connectivity index (χ3v) is 4.01. The molecule has 0 aliphatic carbocycles. The zero-order valence-corrected chi connectivity index (χ0v) is 12.6. The van der Waals surface area contributed by atoms with E-state index in [9.17, 15) is 9.59 Å². The van der Waals surface area contributed by atoms with Gasteiger partial charge in [0.1, 0.15) is 5.65 Å². The van der Waals surface area contributed by atoms with Gasteiger partial charge in [0.25, 0.3) is 5.56 Å². The number of rotatable bonds is 5. The van der Waals surface area contributed by atoms with Gasteiger partial charge < -0.3 is 4.74 Å². The average Bonchev–Trinajstić information content (AvgIpc) is 2.47. The second-order valence-corrected chi connectivity index (χ2v) is 5.40. The molecule has 0 spiro atoms. The summed E-state index contributed by atoms with van der Waals surface area (Å²) in [5.41, 5.74) is -0.263. The van der Waals surface area contributed by atoms with E-state index in [2.05, 4.69) is 4.98 Å². The van der Waals surface area contributed by atoms with Crippen molar-refractivity contribution >= 4 is 22.8 Å². The highest BCUT2D eigenvalue weighted by molar-refractivity contribution is 7.99. The molecule has 0 saturated heterocycles. The lowest BCUT2D eigenvalue weighted by Crippen LogP contribution is -2.37. The Morgan fingerprint density at radius 1 is 1.30 bits per heavy atom. The third-order valence-electron chi connectivity index (χ3n) is 2.99. The van der Waals surface area contributed by atoms with E-state index in [4.69, 9.17) is 4.74 Å². The van der Waals surface area contributed by atoms with Crippen molar-refractivity contribution in [1.29, 1.82) is 0 Å². The summed E-state index contributed by atoms with van der Waals surface area (Å²) in [5.74, 6) is 0.749. The lowest BCUT2D eigenvalue weighted by molar-refractivity contribution is 0.164. The van der Waals surface area contributed by atoms with Gasteiger partial charge in [-0.25, -0.2) is 9.78 Å². The van der Waals surface area contributed by atoms with Crippen LogP contribution in [0, 0.1) is 0 Å². The van der Waals surface area contributed by atoms with E-state index < -0.39 is 0 Å². The van der Waals surface area contributed by atoms with Gasteiger partial charge >= 0.3 is 5.69 Å². The molecule has 0 atom stereocenters. The summed E-state index contributed by atoms with van der Waals surface area (Å²) in [4.78, 5) is 29.1. The summed E-state index contributed by atoms with van der Waals surface area (Å²) in [6.45, 7) is 3.24. The van der Waals surface area contributed by atoms with E-state index in [1.165, 1.54) is 23.4 Å². The minimum atomic E-state index is -0.369. The molecule has 108 valence electrons. The maximum absolute atomic E-state index is 12.3. The molecule has 0 N–H and O–H groups in total. The predicted molar refractivity (Wildman–Crippen MR) is 79.4 cm³/mol. The smallest absolute Gasteiger partial charge is 0.332 e. The number of nitrogens with zero attached hydrogens (tertiary/aromatic N) is 3. The molecular formula is C13H17N3O3S. The van der Waals surface area contributed by atoms with Crippen molar-refractivity contribution in [3.63, 3.8) is 0 Å². The van der Waals surface area contributed by atoms with Crippen LogP contribution in [-0.2, 0) is 18.8 Å². The van der Waals surface area contributed by atoms with Crippen LogP contribution >= 0.6 is 11.8 Å². The largest absolute Gasteiger partial charge is 0.381 e. The van der Waals surface area contributed by atoms with Gasteiger partial charge in [-0.3, -0.25) is 13.9 Å². The number of pyridine rings is 1. The van der Waals surface area contributed by atoms with Crippen molar-refractivity contribution in [2.45, 2.75) is 11.8 Å². The van der Waals surface area contributed by atoms with Gasteiger partial charge in [-0.2, -0.15) is 0 Å². The number of hydrogen-bond donors (Lipinski definition) is 0. The van der Waals surface area contributed by atoms with Crippen LogP contribution in [0.2, 0.25) is 0 Å². The van der Waals surface area contributed by atoms with E-state index in [1.807, 2.05) is 6.92 Å². The van der Waals surface area contributed by atoms with Crippen molar-refractivity contribution < 1.29 is 4.74 Å². The molecule has 0 aliphatic heterocycles. The number of hydrogen-bond acceptors (Lipinski definition) is 5. The minimum Gasteiger partial charge on any atom is -0.381 e. The summed E-state index contributed by atoms with van der Waals surface area (Å²) < 4.78 is 7.79. The normalized spacial score (nSPS) is 11.2. The molecule has 2 aromatic rings. The Labute approximate surface area is 120 Å². The van der Waals surface area contributed by atoms with Crippen LogP contribution in [0.3, 0.4) is 0 Å². The fraction of sp³-hybridized carbons (Fsp3) is 0.462. The van der Waals surface area contributed by atoms with E-state index in [-0.39, 0.29) is 11.2 Å². The monoisotopic (exact) mass is 295 g/mol. The number of ether oxygens (including phenoxy) is 1. The molecule has 0 saturated carbocycles. The van der Waals surface area contributed by atoms with Crippen molar-refractivity contribution in [3.05, 3.63) is 33.1 Å². The minimum absolute atomic E-state index is 0.310. The number of aryl methyl sites for hydroxylation is 1. The number of fused-ring (bicyclic) bond motifs is 1. The third kappa shape index (κ3) is 2.64. The Morgan fingerprint density at radius 3 is 2.75 bits per heavy atom. The first-order valence-corrected chi connectivity index (χ1v) is 7.31. The van der Waals surface area contributed by atoms with Crippen LogP contribution in [-0.4, -0.2) is 33.1 Å². The van der Waals surface area contributed by atoms with E-state index in [1.54, 1.807) is 19.3 Å². The highest BCUT2D eigenvalue weighted by atomic mass is 32.2. The van der Waals surface area contributed by atoms with Gasteiger partial charge in [-0.1, -0.05) is 0 Å². The quantitative estimate of drug-likeness (QED) is 0.602. The SMILES string of the molecule is CCOCCSc1ccnc2c1c(=O)n(C)c(=O)n2C. The Kier molecular flexibility index (Phi) is 4.61. The fourth-order valence-electron chi connectivity index (χ4n) is 1.93. The Hall–Kier alpha value is -1.60. The summed E-state index contributed by atoms with van der Waals surface area (Å²) in [6.07, 6.45) is 1.62. The van der Waals surface area contributed by atoms with Crippen molar-refractivity contribution in [1.82, 2.24) is 14.1 Å². The van der Waals surface area contributed by atoms with Crippen molar-refractivity contribution in [2.24, 2.45) is 14.1 Å². The van der Waals surface area contributed by atoms with Crippen LogP contribution in [0.5, 0.6) is 0 Å². The van der Waals surface area contributed by atoms with Crippen LogP contribution in [0.4, 0.5) is 0 Å². The molecule has 0 unspecified atom stereocenters. The Bertz CT molecular complexity index is 736. The molecule has 0 fully saturated rings. The summed E-state index contributed by atoms with van der Waals surface area (Å²) in [6, 6.07) is 1.80. The molecule has 0 bridgehead atoms. The van der Waals surface area contributed by atoms with Gasteiger partial charge in [-0.15, -0.1) is 11.8 Å². The standard InChI is InChI=1S/C13H17N3O3S/c1-4-19-7-8-20-9-5-6-14-11-10(9)12(17)16(3)13(18)15(11)2/h5-6H,4,7-8H2,1-3H3. The first-order valence-electron chi connectivity index (χ1n) is 6.33. The van der Waals surface area contributed by atoms with Gasteiger partial charge in [-0.05, 0) is 13.0 Å². The molecule has 2 rings (SSSR count). The number of thioether (sulfide) groups is 1. The first kappa shape index (κ1) is 14.8. The highest BCUT2D eigenvalue weighted by Crippen LogP contribution is 2.23. The van der Waals surface area contributed by atoms with Crippen molar-refractivity contribution in [2.75, 3.05) is 19.0 Å². The van der Waals surface area contributed by atoms with Gasteiger partial charge in [0, 0.05) is 37.5 Å². The summed E-state index contributed by atoms with van der Waals surface area (Å²) >= 11 is 1.53. The summed E-state index contributed by atoms with van der Waals surface area (Å²) in [7, 11) is 3.09. The Balaban J connectivity index is 2.52. The molecule has 0 aromatic carbocycles. The zero-order valence-electron chi connectivity index (χ0n) is 11.8. The molecule has 0 aliphatic rings. The number of aromatic nitrogens is 3. The van der Waals surface area contributed by atoms with E-state index in [0.717, 1.165) is 15.2 Å². The van der Waals surface area contributed by atoms with Crippen LogP contribution < -0.4 is 11.2 Å². The summed E-state index contributed by atoms with van der Waals surface area (Å²) in [5, 5.41) is 0.485. The second-order valence-electron chi connectivity index (χ2n) is 4.26. The zero-order chi connectivity index (χ0) is 14.7. The highest BCUT2D eigenvalue weighted by Gasteiger charge is 2.13. The first-order chi connectivity index (χ1) is 9.57. The van der Waals surface area contributed by atoms with Crippen molar-refractivity contribution in [3.8, 4) is 0 Å². The van der Waals surface area contributed by atoms with Gasteiger partial charge in [0.2, 0.25) is 0 Å². The molecule has 6 nitrogen and oxygen atoms in total.